The third kappa shape index (κ3) is 33.1. The number of ether oxygens (including phenoxy) is 1. The van der Waals surface area contributed by atoms with Crippen molar-refractivity contribution in [1.82, 2.24) is 10.8 Å². The zero-order chi connectivity index (χ0) is 39.9. The molecule has 0 aliphatic carbocycles. The number of amides is 1. The average Bonchev–Trinajstić information content (AvgIpc) is 3.17. The Balaban J connectivity index is 2.00. The van der Waals surface area contributed by atoms with Gasteiger partial charge in [-0.05, 0) is 127 Å². The molecule has 0 saturated carbocycles. The van der Waals surface area contributed by atoms with Crippen molar-refractivity contribution < 1.29 is 19.2 Å². The van der Waals surface area contributed by atoms with E-state index in [0.717, 1.165) is 52.4 Å². The van der Waals surface area contributed by atoms with Crippen LogP contribution in [0.1, 0.15) is 206 Å². The Morgan fingerprint density at radius 1 is 0.564 bits per heavy atom. The van der Waals surface area contributed by atoms with Crippen LogP contribution in [0.15, 0.2) is 45.4 Å². The average molecular weight is 897 g/mol. The van der Waals surface area contributed by atoms with Gasteiger partial charge in [-0.2, -0.15) is 5.48 Å². The molecular formula is C47H80Br2N2O4. The number of halogens is 2. The zero-order valence-electron chi connectivity index (χ0n) is 35.2. The van der Waals surface area contributed by atoms with E-state index in [4.69, 9.17) is 9.57 Å². The largest absolute Gasteiger partial charge is 0.491 e. The summed E-state index contributed by atoms with van der Waals surface area (Å²) >= 11 is 7.28. The molecule has 0 atom stereocenters. The molecule has 1 amide bonds. The molecule has 0 fully saturated rings. The van der Waals surface area contributed by atoms with E-state index in [1.54, 1.807) is 0 Å². The highest BCUT2D eigenvalue weighted by molar-refractivity contribution is 9.11. The van der Waals surface area contributed by atoms with Crippen LogP contribution in [-0.4, -0.2) is 31.6 Å². The van der Waals surface area contributed by atoms with Crippen LogP contribution in [-0.2, 0) is 20.8 Å². The molecule has 0 heterocycles. The van der Waals surface area contributed by atoms with Crippen molar-refractivity contribution >= 4 is 43.7 Å². The number of hydrogen-bond acceptors (Lipinski definition) is 5. The van der Waals surface area contributed by atoms with Gasteiger partial charge in [-0.25, -0.2) is 0 Å². The second-order valence-corrected chi connectivity index (χ2v) is 16.9. The first kappa shape index (κ1) is 51.4. The van der Waals surface area contributed by atoms with E-state index in [0.29, 0.717) is 39.0 Å². The number of carbonyl (C=O) groups excluding carboxylic acids is 2. The maximum absolute atomic E-state index is 12.3. The molecular weight excluding hydrogens is 816 g/mol. The minimum Gasteiger partial charge on any atom is -0.491 e. The SMILES string of the molecule is CCCCCCCC/C=C\CCCCCCCC(=O)NCCc1cc(Br)c(OCCCNOC(=O)CCCCCCC/C=C\CCCCCCCC)c(Br)c1. The predicted octanol–water partition coefficient (Wildman–Crippen LogP) is 14.8. The molecule has 0 aliphatic rings. The van der Waals surface area contributed by atoms with Crippen LogP contribution in [0, 0.1) is 0 Å². The fourth-order valence-electron chi connectivity index (χ4n) is 6.53. The lowest BCUT2D eigenvalue weighted by molar-refractivity contribution is -0.151. The van der Waals surface area contributed by atoms with Gasteiger partial charge in [-0.1, -0.05) is 141 Å². The number of hydrogen-bond donors (Lipinski definition) is 2. The van der Waals surface area contributed by atoms with Crippen molar-refractivity contribution in [2.75, 3.05) is 19.7 Å². The van der Waals surface area contributed by atoms with Crippen LogP contribution in [0.5, 0.6) is 5.75 Å². The summed E-state index contributed by atoms with van der Waals surface area (Å²) in [5.41, 5.74) is 3.90. The Labute approximate surface area is 354 Å². The summed E-state index contributed by atoms with van der Waals surface area (Å²) < 4.78 is 7.74. The van der Waals surface area contributed by atoms with Crippen LogP contribution in [0.2, 0.25) is 0 Å². The van der Waals surface area contributed by atoms with E-state index in [1.165, 1.54) is 141 Å². The summed E-state index contributed by atoms with van der Waals surface area (Å²) in [7, 11) is 0. The molecule has 0 spiro atoms. The first-order valence-electron chi connectivity index (χ1n) is 22.6. The normalized spacial score (nSPS) is 11.6. The minimum absolute atomic E-state index is 0.137. The summed E-state index contributed by atoms with van der Waals surface area (Å²) in [6, 6.07) is 4.09. The molecule has 0 aliphatic heterocycles. The van der Waals surface area contributed by atoms with Crippen LogP contribution < -0.4 is 15.5 Å². The van der Waals surface area contributed by atoms with Gasteiger partial charge in [0.2, 0.25) is 5.91 Å². The molecule has 0 radical (unpaired) electrons. The molecule has 8 heteroatoms. The van der Waals surface area contributed by atoms with E-state index >= 15 is 0 Å². The lowest BCUT2D eigenvalue weighted by Crippen LogP contribution is -2.25. The number of rotatable bonds is 39. The standard InChI is InChI=1S/C47H80Br2N2O4/c1-3-5-7-9-11-13-15-17-19-21-23-25-27-29-31-34-45(52)50-38-36-42-40-43(48)47(44(49)41-42)54-39-33-37-51-55-46(53)35-32-30-28-26-24-22-20-18-16-14-12-10-8-6-4-2/h17-20,40-41,51H,3-16,21-39H2,1-2H3,(H,50,52)/b19-17-,20-18-. The van der Waals surface area contributed by atoms with Crippen molar-refractivity contribution in [3.8, 4) is 5.75 Å². The molecule has 1 rings (SSSR count). The topological polar surface area (TPSA) is 76.7 Å². The molecule has 1 aromatic rings. The van der Waals surface area contributed by atoms with Crippen molar-refractivity contribution in [3.63, 3.8) is 0 Å². The van der Waals surface area contributed by atoms with E-state index in [1.807, 2.05) is 12.1 Å². The van der Waals surface area contributed by atoms with E-state index in [9.17, 15) is 9.59 Å². The third-order valence-corrected chi connectivity index (χ3v) is 11.1. The van der Waals surface area contributed by atoms with Crippen molar-refractivity contribution in [2.45, 2.75) is 206 Å². The highest BCUT2D eigenvalue weighted by Gasteiger charge is 2.10. The van der Waals surface area contributed by atoms with Gasteiger partial charge in [0.25, 0.3) is 0 Å². The molecule has 0 unspecified atom stereocenters. The van der Waals surface area contributed by atoms with E-state index in [2.05, 4.69) is 80.8 Å². The van der Waals surface area contributed by atoms with Crippen LogP contribution in [0.25, 0.3) is 0 Å². The van der Waals surface area contributed by atoms with Gasteiger partial charge in [0, 0.05) is 25.9 Å². The Kier molecular flexibility index (Phi) is 36.6. The Hall–Kier alpha value is -1.64. The highest BCUT2D eigenvalue weighted by Crippen LogP contribution is 2.35. The third-order valence-electron chi connectivity index (χ3n) is 9.96. The highest BCUT2D eigenvalue weighted by atomic mass is 79.9. The second-order valence-electron chi connectivity index (χ2n) is 15.2. The summed E-state index contributed by atoms with van der Waals surface area (Å²) in [6.07, 6.45) is 44.5. The molecule has 0 aromatic heterocycles. The first-order chi connectivity index (χ1) is 27.0. The number of allylic oxidation sites excluding steroid dienone is 4. The Morgan fingerprint density at radius 2 is 1.00 bits per heavy atom. The first-order valence-corrected chi connectivity index (χ1v) is 24.2. The monoisotopic (exact) mass is 894 g/mol. The molecule has 6 nitrogen and oxygen atoms in total. The molecule has 55 heavy (non-hydrogen) atoms. The lowest BCUT2D eigenvalue weighted by atomic mass is 10.1. The number of benzene rings is 1. The van der Waals surface area contributed by atoms with Gasteiger partial charge in [-0.3, -0.25) is 9.59 Å². The second kappa shape index (κ2) is 39.2. The van der Waals surface area contributed by atoms with Crippen LogP contribution >= 0.6 is 31.9 Å². The Morgan fingerprint density at radius 3 is 1.49 bits per heavy atom. The van der Waals surface area contributed by atoms with Crippen molar-refractivity contribution in [3.05, 3.63) is 50.9 Å². The lowest BCUT2D eigenvalue weighted by Gasteiger charge is -2.13. The minimum atomic E-state index is -0.195. The van der Waals surface area contributed by atoms with Crippen molar-refractivity contribution in [1.29, 1.82) is 0 Å². The summed E-state index contributed by atoms with van der Waals surface area (Å²) in [6.45, 7) is 6.17. The molecule has 1 aromatic carbocycles. The van der Waals surface area contributed by atoms with E-state index < -0.39 is 0 Å². The molecule has 0 bridgehead atoms. The maximum Gasteiger partial charge on any atom is 0.324 e. The van der Waals surface area contributed by atoms with Crippen molar-refractivity contribution in [2.24, 2.45) is 0 Å². The summed E-state index contributed by atoms with van der Waals surface area (Å²) in [5.74, 6) is 0.690. The van der Waals surface area contributed by atoms with Crippen LogP contribution in [0.3, 0.4) is 0 Å². The van der Waals surface area contributed by atoms with Gasteiger partial charge in [0.15, 0.2) is 0 Å². The summed E-state index contributed by atoms with van der Waals surface area (Å²) in [5, 5.41) is 3.08. The van der Waals surface area contributed by atoms with E-state index in [-0.39, 0.29) is 11.9 Å². The Bertz CT molecular complexity index is 1100. The number of carbonyl (C=O) groups is 2. The van der Waals surface area contributed by atoms with Gasteiger partial charge < -0.3 is 14.9 Å². The number of nitrogens with one attached hydrogen (secondary N) is 2. The fraction of sp³-hybridized carbons (Fsp3) is 0.745. The van der Waals surface area contributed by atoms with Crippen LogP contribution in [0.4, 0.5) is 0 Å². The predicted molar refractivity (Wildman–Crippen MR) is 242 cm³/mol. The molecule has 0 saturated heterocycles. The van der Waals surface area contributed by atoms with Gasteiger partial charge in [0.1, 0.15) is 5.75 Å². The fourth-order valence-corrected chi connectivity index (χ4v) is 8.04. The molecule has 2 N–H and O–H groups in total. The number of unbranched alkanes of at least 4 members (excludes halogenated alkanes) is 22. The van der Waals surface area contributed by atoms with Gasteiger partial charge in [-0.15, -0.1) is 0 Å². The smallest absolute Gasteiger partial charge is 0.324 e. The van der Waals surface area contributed by atoms with Gasteiger partial charge >= 0.3 is 5.97 Å². The summed E-state index contributed by atoms with van der Waals surface area (Å²) in [4.78, 5) is 29.6. The maximum atomic E-state index is 12.3. The quantitative estimate of drug-likeness (QED) is 0.0391. The number of hydroxylamine groups is 1. The zero-order valence-corrected chi connectivity index (χ0v) is 38.4. The molecule has 316 valence electrons. The van der Waals surface area contributed by atoms with Gasteiger partial charge in [0.05, 0.1) is 15.6 Å².